The number of nitrogens with zero attached hydrogens (tertiary/aromatic N) is 2. The molecule has 1 aromatic heterocycles. The average Bonchev–Trinajstić information content (AvgIpc) is 2.46. The van der Waals surface area contributed by atoms with Crippen molar-refractivity contribution in [3.63, 3.8) is 0 Å². The number of hydrogen-bond acceptors (Lipinski definition) is 5. The van der Waals surface area contributed by atoms with Crippen LogP contribution in [0, 0.1) is 5.82 Å². The van der Waals surface area contributed by atoms with Crippen molar-refractivity contribution in [3.8, 4) is 5.75 Å². The van der Waals surface area contributed by atoms with Gasteiger partial charge < -0.3 is 9.46 Å². The van der Waals surface area contributed by atoms with Crippen LogP contribution < -0.4 is 9.46 Å². The number of nitrogens with one attached hydrogen (secondary N) is 1. The monoisotopic (exact) mass is 277 g/mol. The predicted octanol–water partition coefficient (Wildman–Crippen LogP) is 3.06. The number of aromatic nitrogens is 2. The van der Waals surface area contributed by atoms with Crippen LogP contribution in [-0.4, -0.2) is 16.6 Å². The number of halogens is 1. The van der Waals surface area contributed by atoms with E-state index in [1.165, 1.54) is 18.3 Å². The van der Waals surface area contributed by atoms with Crippen LogP contribution in [0.15, 0.2) is 35.6 Å². The van der Waals surface area contributed by atoms with Crippen molar-refractivity contribution in [3.05, 3.63) is 42.1 Å². The van der Waals surface area contributed by atoms with Crippen LogP contribution in [0.5, 0.6) is 5.75 Å². The van der Waals surface area contributed by atoms with Gasteiger partial charge in [0.1, 0.15) is 23.7 Å². The fourth-order valence-electron chi connectivity index (χ4n) is 1.89. The van der Waals surface area contributed by atoms with Gasteiger partial charge in [-0.25, -0.2) is 14.4 Å². The molecule has 0 bridgehead atoms. The van der Waals surface area contributed by atoms with E-state index in [2.05, 4.69) is 14.7 Å². The summed E-state index contributed by atoms with van der Waals surface area (Å²) in [5.74, 6) is 1.17. The van der Waals surface area contributed by atoms with Crippen LogP contribution in [0.4, 0.5) is 10.2 Å². The number of aryl methyl sites for hydroxylation is 1. The van der Waals surface area contributed by atoms with Crippen molar-refractivity contribution in [1.29, 1.82) is 0 Å². The summed E-state index contributed by atoms with van der Waals surface area (Å²) in [7, 11) is 0. The molecule has 0 saturated carbocycles. The third kappa shape index (κ3) is 2.78. The van der Waals surface area contributed by atoms with Gasteiger partial charge in [-0.2, -0.15) is 0 Å². The van der Waals surface area contributed by atoms with Gasteiger partial charge in [-0.1, -0.05) is 0 Å². The first kappa shape index (κ1) is 12.2. The Bertz CT molecular complexity index is 580. The number of benzene rings is 1. The lowest BCUT2D eigenvalue weighted by molar-refractivity contribution is 0.286. The van der Waals surface area contributed by atoms with E-state index >= 15 is 0 Å². The van der Waals surface area contributed by atoms with E-state index in [0.717, 1.165) is 24.2 Å². The van der Waals surface area contributed by atoms with Gasteiger partial charge in [0.2, 0.25) is 0 Å². The van der Waals surface area contributed by atoms with Crippen molar-refractivity contribution in [2.45, 2.75) is 17.7 Å². The number of anilines is 1. The summed E-state index contributed by atoms with van der Waals surface area (Å²) in [6.07, 6.45) is 4.88. The molecule has 0 unspecified atom stereocenters. The Hall–Kier alpha value is -1.82. The summed E-state index contributed by atoms with van der Waals surface area (Å²) in [5.41, 5.74) is 0.940. The number of ether oxygens (including phenoxy) is 1. The van der Waals surface area contributed by atoms with Gasteiger partial charge in [-0.15, -0.1) is 0 Å². The van der Waals surface area contributed by atoms with Gasteiger partial charge in [0.15, 0.2) is 0 Å². The summed E-state index contributed by atoms with van der Waals surface area (Å²) >= 11 is 1.18. The highest BCUT2D eigenvalue weighted by Gasteiger charge is 2.15. The second kappa shape index (κ2) is 5.44. The Morgan fingerprint density at radius 1 is 1.37 bits per heavy atom. The zero-order chi connectivity index (χ0) is 13.1. The Balaban J connectivity index is 1.77. The van der Waals surface area contributed by atoms with E-state index in [1.807, 2.05) is 0 Å². The summed E-state index contributed by atoms with van der Waals surface area (Å²) in [6.45, 7) is 0.697. The molecule has 2 aromatic rings. The van der Waals surface area contributed by atoms with Crippen molar-refractivity contribution in [2.24, 2.45) is 0 Å². The van der Waals surface area contributed by atoms with Crippen molar-refractivity contribution >= 4 is 17.8 Å². The van der Waals surface area contributed by atoms with Crippen molar-refractivity contribution < 1.29 is 9.13 Å². The predicted molar refractivity (Wildman–Crippen MR) is 71.7 cm³/mol. The molecule has 4 nitrogen and oxygen atoms in total. The van der Waals surface area contributed by atoms with E-state index in [-0.39, 0.29) is 5.82 Å². The highest BCUT2D eigenvalue weighted by atomic mass is 32.2. The second-order valence-electron chi connectivity index (χ2n) is 4.14. The molecule has 0 atom stereocenters. The molecule has 1 aromatic carbocycles. The maximum atomic E-state index is 13.9. The largest absolute Gasteiger partial charge is 0.493 e. The smallest absolute Gasteiger partial charge is 0.139 e. The zero-order valence-electron chi connectivity index (χ0n) is 10.1. The van der Waals surface area contributed by atoms with Gasteiger partial charge in [0.05, 0.1) is 11.5 Å². The average molecular weight is 277 g/mol. The van der Waals surface area contributed by atoms with E-state index < -0.39 is 0 Å². The second-order valence-corrected chi connectivity index (χ2v) is 4.99. The van der Waals surface area contributed by atoms with Crippen molar-refractivity contribution in [2.75, 3.05) is 11.3 Å². The Kier molecular flexibility index (Phi) is 3.50. The lowest BCUT2D eigenvalue weighted by atomic mass is 10.1. The number of rotatable bonds is 3. The molecule has 6 heteroatoms. The minimum absolute atomic E-state index is 0.240. The van der Waals surface area contributed by atoms with E-state index in [1.54, 1.807) is 24.4 Å². The molecular formula is C13H12FN3OS. The third-order valence-electron chi connectivity index (χ3n) is 2.81. The molecule has 19 heavy (non-hydrogen) atoms. The van der Waals surface area contributed by atoms with E-state index in [4.69, 9.17) is 4.74 Å². The Labute approximate surface area is 114 Å². The molecule has 0 fully saturated rings. The fraction of sp³-hybridized carbons (Fsp3) is 0.231. The van der Waals surface area contributed by atoms with Gasteiger partial charge in [0, 0.05) is 6.20 Å². The SMILES string of the molecule is Fc1cc2c(cc1SNc1ccncn1)OCCC2. The Morgan fingerprint density at radius 2 is 2.32 bits per heavy atom. The summed E-state index contributed by atoms with van der Waals surface area (Å²) < 4.78 is 22.4. The van der Waals surface area contributed by atoms with Gasteiger partial charge >= 0.3 is 0 Å². The quantitative estimate of drug-likeness (QED) is 0.874. The summed E-state index contributed by atoms with van der Waals surface area (Å²) in [5, 5.41) is 0. The van der Waals surface area contributed by atoms with Crippen LogP contribution in [-0.2, 0) is 6.42 Å². The molecule has 0 aliphatic carbocycles. The molecule has 3 rings (SSSR count). The molecule has 0 saturated heterocycles. The molecule has 0 spiro atoms. The van der Waals surface area contributed by atoms with Crippen LogP contribution in [0.25, 0.3) is 0 Å². The lowest BCUT2D eigenvalue weighted by Gasteiger charge is -2.18. The fourth-order valence-corrected chi connectivity index (χ4v) is 2.54. The first-order valence-corrected chi connectivity index (χ1v) is 6.78. The number of fused-ring (bicyclic) bond motifs is 1. The first-order valence-electron chi connectivity index (χ1n) is 5.97. The standard InChI is InChI=1S/C13H12FN3OS/c14-10-6-9-2-1-5-18-11(9)7-12(10)19-17-13-3-4-15-8-16-13/h3-4,6-8H,1-2,5H2,(H,15,16,17). The van der Waals surface area contributed by atoms with Crippen LogP contribution >= 0.6 is 11.9 Å². The lowest BCUT2D eigenvalue weighted by Crippen LogP contribution is -2.09. The highest BCUT2D eigenvalue weighted by Crippen LogP contribution is 2.32. The maximum Gasteiger partial charge on any atom is 0.139 e. The van der Waals surface area contributed by atoms with Gasteiger partial charge in [0.25, 0.3) is 0 Å². The topological polar surface area (TPSA) is 47.0 Å². The Morgan fingerprint density at radius 3 is 3.16 bits per heavy atom. The maximum absolute atomic E-state index is 13.9. The molecule has 1 N–H and O–H groups in total. The zero-order valence-corrected chi connectivity index (χ0v) is 10.9. The van der Waals surface area contributed by atoms with Crippen LogP contribution in [0.1, 0.15) is 12.0 Å². The number of hydrogen-bond donors (Lipinski definition) is 1. The molecular weight excluding hydrogens is 265 g/mol. The van der Waals surface area contributed by atoms with Crippen molar-refractivity contribution in [1.82, 2.24) is 9.97 Å². The molecule has 1 aliphatic rings. The highest BCUT2D eigenvalue weighted by molar-refractivity contribution is 8.00. The van der Waals surface area contributed by atoms with Gasteiger partial charge in [-0.3, -0.25) is 0 Å². The minimum atomic E-state index is -0.240. The molecule has 2 heterocycles. The van der Waals surface area contributed by atoms with Gasteiger partial charge in [-0.05, 0) is 48.6 Å². The molecule has 1 aliphatic heterocycles. The summed E-state index contributed by atoms with van der Waals surface area (Å²) in [4.78, 5) is 8.33. The molecule has 0 radical (unpaired) electrons. The van der Waals surface area contributed by atoms with Crippen LogP contribution in [0.3, 0.4) is 0 Å². The molecule has 0 amide bonds. The molecule has 98 valence electrons. The van der Waals surface area contributed by atoms with E-state index in [0.29, 0.717) is 17.3 Å². The van der Waals surface area contributed by atoms with E-state index in [9.17, 15) is 4.39 Å². The summed E-state index contributed by atoms with van der Waals surface area (Å²) in [6, 6.07) is 5.01. The first-order chi connectivity index (χ1) is 9.33. The third-order valence-corrected chi connectivity index (χ3v) is 3.65. The normalized spacial score (nSPS) is 13.5. The minimum Gasteiger partial charge on any atom is -0.493 e. The van der Waals surface area contributed by atoms with Crippen LogP contribution in [0.2, 0.25) is 0 Å².